The van der Waals surface area contributed by atoms with Crippen LogP contribution in [0.2, 0.25) is 0 Å². The molecule has 1 aromatic heterocycles. The van der Waals surface area contributed by atoms with Crippen molar-refractivity contribution in [1.29, 1.82) is 0 Å². The van der Waals surface area contributed by atoms with Crippen LogP contribution in [0.1, 0.15) is 37.9 Å². The van der Waals surface area contributed by atoms with Crippen LogP contribution >= 0.6 is 0 Å². The molecule has 4 rings (SSSR count). The number of hydrogen-bond acceptors (Lipinski definition) is 6. The molecule has 3 heterocycles. The van der Waals surface area contributed by atoms with E-state index in [0.717, 1.165) is 76.1 Å². The van der Waals surface area contributed by atoms with Crippen LogP contribution in [-0.4, -0.2) is 71.4 Å². The third-order valence-corrected chi connectivity index (χ3v) is 5.74. The number of aliphatic hydroxyl groups is 1. The van der Waals surface area contributed by atoms with Gasteiger partial charge in [-0.25, -0.2) is 9.97 Å². The Morgan fingerprint density at radius 1 is 0.917 bits per heavy atom. The number of piperazine rings is 1. The van der Waals surface area contributed by atoms with Crippen LogP contribution in [-0.2, 0) is 0 Å². The molecule has 132 valence electrons. The maximum atomic E-state index is 10.4. The van der Waals surface area contributed by atoms with Crippen molar-refractivity contribution < 1.29 is 5.11 Å². The number of nitrogens with zero attached hydrogens (tertiary/aromatic N) is 5. The Morgan fingerprint density at radius 3 is 2.04 bits per heavy atom. The molecule has 1 N–H and O–H groups in total. The van der Waals surface area contributed by atoms with Crippen LogP contribution < -0.4 is 9.80 Å². The van der Waals surface area contributed by atoms with E-state index in [1.807, 2.05) is 6.92 Å². The van der Waals surface area contributed by atoms with Gasteiger partial charge >= 0.3 is 0 Å². The van der Waals surface area contributed by atoms with Crippen molar-refractivity contribution >= 4 is 11.6 Å². The van der Waals surface area contributed by atoms with Crippen molar-refractivity contribution in [3.8, 4) is 0 Å². The summed E-state index contributed by atoms with van der Waals surface area (Å²) in [5.74, 6) is 3.01. The second-order valence-corrected chi connectivity index (χ2v) is 7.67. The summed E-state index contributed by atoms with van der Waals surface area (Å²) in [7, 11) is 0. The Hall–Kier alpha value is -1.40. The highest BCUT2D eigenvalue weighted by molar-refractivity contribution is 5.51. The van der Waals surface area contributed by atoms with E-state index in [1.165, 1.54) is 19.3 Å². The van der Waals surface area contributed by atoms with E-state index in [9.17, 15) is 5.11 Å². The third kappa shape index (κ3) is 3.35. The third-order valence-electron chi connectivity index (χ3n) is 5.74. The van der Waals surface area contributed by atoms with Gasteiger partial charge in [-0.3, -0.25) is 4.90 Å². The van der Waals surface area contributed by atoms with E-state index in [4.69, 9.17) is 0 Å². The molecule has 1 saturated carbocycles. The van der Waals surface area contributed by atoms with E-state index in [1.54, 1.807) is 0 Å². The first-order valence-electron chi connectivity index (χ1n) is 9.42. The molecule has 0 unspecified atom stereocenters. The van der Waals surface area contributed by atoms with E-state index >= 15 is 0 Å². The smallest absolute Gasteiger partial charge is 0.134 e. The molecule has 0 amide bonds. The first kappa shape index (κ1) is 16.1. The molecule has 0 radical (unpaired) electrons. The predicted octanol–water partition coefficient (Wildman–Crippen LogP) is 1.42. The van der Waals surface area contributed by atoms with Crippen molar-refractivity contribution in [1.82, 2.24) is 14.9 Å². The number of rotatable bonds is 4. The molecular weight excluding hydrogens is 302 g/mol. The van der Waals surface area contributed by atoms with Crippen LogP contribution in [0.25, 0.3) is 0 Å². The van der Waals surface area contributed by atoms with Gasteiger partial charge in [-0.2, -0.15) is 0 Å². The Balaban J connectivity index is 1.39. The summed E-state index contributed by atoms with van der Waals surface area (Å²) >= 11 is 0. The summed E-state index contributed by atoms with van der Waals surface area (Å²) in [6.45, 7) is 9.02. The van der Waals surface area contributed by atoms with E-state index in [-0.39, 0.29) is 0 Å². The van der Waals surface area contributed by atoms with Crippen molar-refractivity contribution in [2.24, 2.45) is 0 Å². The first-order chi connectivity index (χ1) is 11.6. The zero-order chi connectivity index (χ0) is 16.6. The monoisotopic (exact) mass is 331 g/mol. The van der Waals surface area contributed by atoms with Gasteiger partial charge < -0.3 is 14.9 Å². The van der Waals surface area contributed by atoms with Gasteiger partial charge in [-0.1, -0.05) is 0 Å². The quantitative estimate of drug-likeness (QED) is 0.901. The molecule has 24 heavy (non-hydrogen) atoms. The Labute approximate surface area is 144 Å². The van der Waals surface area contributed by atoms with Gasteiger partial charge in [0.05, 0.1) is 5.60 Å². The Morgan fingerprint density at radius 2 is 1.50 bits per heavy atom. The van der Waals surface area contributed by atoms with Crippen LogP contribution in [0.15, 0.2) is 6.07 Å². The van der Waals surface area contributed by atoms with Gasteiger partial charge in [-0.15, -0.1) is 0 Å². The molecule has 3 aliphatic rings. The zero-order valence-corrected chi connectivity index (χ0v) is 14.7. The normalized spacial score (nSPS) is 24.2. The highest BCUT2D eigenvalue weighted by atomic mass is 16.3. The lowest BCUT2D eigenvalue weighted by molar-refractivity contribution is -0.0594. The maximum absolute atomic E-state index is 10.4. The minimum atomic E-state index is -0.406. The zero-order valence-electron chi connectivity index (χ0n) is 14.7. The lowest BCUT2D eigenvalue weighted by Gasteiger charge is -2.43. The Bertz CT molecular complexity index is 575. The van der Waals surface area contributed by atoms with Crippen molar-refractivity contribution in [3.63, 3.8) is 0 Å². The average Bonchev–Trinajstić information content (AvgIpc) is 3.08. The predicted molar refractivity (Wildman–Crippen MR) is 95.7 cm³/mol. The molecular formula is C18H29N5O. The number of aryl methyl sites for hydroxylation is 1. The standard InChI is InChI=1S/C18H29N5O/c1-15-19-16(22-7-2-3-8-22)13-17(20-15)23-11-9-21(10-12-23)14-18(24)5-4-6-18/h13,24H,2-12,14H2,1H3. The highest BCUT2D eigenvalue weighted by Crippen LogP contribution is 2.32. The fourth-order valence-electron chi connectivity index (χ4n) is 4.10. The summed E-state index contributed by atoms with van der Waals surface area (Å²) in [6.07, 6.45) is 5.64. The lowest BCUT2D eigenvalue weighted by Crippen LogP contribution is -2.54. The average molecular weight is 331 g/mol. The van der Waals surface area contributed by atoms with Crippen LogP contribution in [0.5, 0.6) is 0 Å². The number of anilines is 2. The van der Waals surface area contributed by atoms with Crippen LogP contribution in [0.3, 0.4) is 0 Å². The van der Waals surface area contributed by atoms with Gasteiger partial charge in [-0.05, 0) is 39.0 Å². The second-order valence-electron chi connectivity index (χ2n) is 7.67. The van der Waals surface area contributed by atoms with Crippen molar-refractivity contribution in [2.45, 2.75) is 44.6 Å². The first-order valence-corrected chi connectivity index (χ1v) is 9.42. The van der Waals surface area contributed by atoms with Gasteiger partial charge in [0.15, 0.2) is 0 Å². The van der Waals surface area contributed by atoms with Crippen molar-refractivity contribution in [3.05, 3.63) is 11.9 Å². The molecule has 2 aliphatic heterocycles. The molecule has 0 bridgehead atoms. The molecule has 0 aromatic carbocycles. The summed E-state index contributed by atoms with van der Waals surface area (Å²) in [4.78, 5) is 16.5. The van der Waals surface area contributed by atoms with Gasteiger partial charge in [0.2, 0.25) is 0 Å². The molecule has 6 nitrogen and oxygen atoms in total. The number of hydrogen-bond donors (Lipinski definition) is 1. The van der Waals surface area contributed by atoms with E-state index in [0.29, 0.717) is 0 Å². The summed E-state index contributed by atoms with van der Waals surface area (Å²) in [5, 5.41) is 10.4. The summed E-state index contributed by atoms with van der Waals surface area (Å²) < 4.78 is 0. The minimum Gasteiger partial charge on any atom is -0.389 e. The second kappa shape index (κ2) is 6.48. The van der Waals surface area contributed by atoms with E-state index < -0.39 is 5.60 Å². The summed E-state index contributed by atoms with van der Waals surface area (Å²) in [6, 6.07) is 2.16. The molecule has 3 fully saturated rings. The molecule has 1 aromatic rings. The summed E-state index contributed by atoms with van der Waals surface area (Å²) in [5.41, 5.74) is -0.406. The molecule has 1 aliphatic carbocycles. The van der Waals surface area contributed by atoms with Gasteiger partial charge in [0, 0.05) is 51.9 Å². The molecule has 2 saturated heterocycles. The SMILES string of the molecule is Cc1nc(N2CCCC2)cc(N2CCN(CC3(O)CCC3)CC2)n1. The maximum Gasteiger partial charge on any atom is 0.134 e. The fourth-order valence-corrected chi connectivity index (χ4v) is 4.10. The topological polar surface area (TPSA) is 55.7 Å². The highest BCUT2D eigenvalue weighted by Gasteiger charge is 2.36. The molecule has 0 spiro atoms. The largest absolute Gasteiger partial charge is 0.389 e. The van der Waals surface area contributed by atoms with Crippen LogP contribution in [0.4, 0.5) is 11.6 Å². The van der Waals surface area contributed by atoms with Crippen molar-refractivity contribution in [2.75, 3.05) is 55.6 Å². The lowest BCUT2D eigenvalue weighted by atomic mass is 9.80. The minimum absolute atomic E-state index is 0.406. The van der Waals surface area contributed by atoms with Gasteiger partial charge in [0.25, 0.3) is 0 Å². The Kier molecular flexibility index (Phi) is 4.35. The van der Waals surface area contributed by atoms with E-state index in [2.05, 4.69) is 30.7 Å². The molecule has 0 atom stereocenters. The number of β-amino-alcohol motifs (C(OH)–C–C–N with tert-alkyl or cyclic N) is 1. The van der Waals surface area contributed by atoms with Crippen LogP contribution in [0, 0.1) is 6.92 Å². The molecule has 6 heteroatoms. The fraction of sp³-hybridized carbons (Fsp3) is 0.778. The number of aromatic nitrogens is 2. The van der Waals surface area contributed by atoms with Gasteiger partial charge in [0.1, 0.15) is 17.5 Å².